The van der Waals surface area contributed by atoms with Gasteiger partial charge in [-0.05, 0) is 36.8 Å². The molecule has 0 fully saturated rings. The maximum absolute atomic E-state index is 13.9. The van der Waals surface area contributed by atoms with Crippen LogP contribution in [0.3, 0.4) is 0 Å². The summed E-state index contributed by atoms with van der Waals surface area (Å²) in [5, 5.41) is 0. The van der Waals surface area contributed by atoms with E-state index in [1.807, 2.05) is 0 Å². The van der Waals surface area contributed by atoms with Gasteiger partial charge in [0.25, 0.3) is 0 Å². The number of hydrogen-bond donors (Lipinski definition) is 0. The summed E-state index contributed by atoms with van der Waals surface area (Å²) in [5.74, 6) is -2.99. The quantitative estimate of drug-likeness (QED) is 0.534. The van der Waals surface area contributed by atoms with Gasteiger partial charge < -0.3 is 0 Å². The Morgan fingerprint density at radius 2 is 1.58 bits per heavy atom. The predicted molar refractivity (Wildman–Crippen MR) is 68.2 cm³/mol. The average Bonchev–Trinajstić information content (AvgIpc) is 2.37. The first-order chi connectivity index (χ1) is 8.91. The zero-order chi connectivity index (χ0) is 14.2. The van der Waals surface area contributed by atoms with Crippen LogP contribution in [0.25, 0.3) is 0 Å². The van der Waals surface area contributed by atoms with Crippen molar-refractivity contribution in [2.75, 3.05) is 0 Å². The van der Waals surface area contributed by atoms with Crippen LogP contribution in [0.1, 0.15) is 21.5 Å². The highest BCUT2D eigenvalue weighted by atomic mass is 79.9. The van der Waals surface area contributed by atoms with Crippen molar-refractivity contribution < 1.29 is 17.6 Å². The van der Waals surface area contributed by atoms with Crippen LogP contribution in [0.15, 0.2) is 30.3 Å². The van der Waals surface area contributed by atoms with Gasteiger partial charge in [0.1, 0.15) is 23.3 Å². The van der Waals surface area contributed by atoms with E-state index in [-0.39, 0.29) is 16.7 Å². The fraction of sp³-hybridized carbons (Fsp3) is 0.143. The summed E-state index contributed by atoms with van der Waals surface area (Å²) in [6.45, 7) is 1.47. The third-order valence-electron chi connectivity index (χ3n) is 2.80. The molecule has 2 aromatic rings. The molecule has 0 bridgehead atoms. The molecular formula is C14H9BrF4. The molecule has 0 spiro atoms. The van der Waals surface area contributed by atoms with Crippen LogP contribution >= 0.6 is 15.9 Å². The van der Waals surface area contributed by atoms with E-state index in [0.717, 1.165) is 24.3 Å². The summed E-state index contributed by atoms with van der Waals surface area (Å²) in [5.41, 5.74) is -0.245. The largest absolute Gasteiger partial charge is 0.207 e. The van der Waals surface area contributed by atoms with Crippen molar-refractivity contribution in [2.45, 2.75) is 11.8 Å². The molecule has 2 aromatic carbocycles. The van der Waals surface area contributed by atoms with Crippen LogP contribution in [0, 0.1) is 30.2 Å². The second-order valence-electron chi connectivity index (χ2n) is 4.12. The molecule has 100 valence electrons. The van der Waals surface area contributed by atoms with Crippen molar-refractivity contribution in [1.82, 2.24) is 0 Å². The number of halogens is 5. The third kappa shape index (κ3) is 2.66. The van der Waals surface area contributed by atoms with Crippen LogP contribution < -0.4 is 0 Å². The van der Waals surface area contributed by atoms with Gasteiger partial charge in [0.05, 0.1) is 4.83 Å². The minimum Gasteiger partial charge on any atom is -0.207 e. The lowest BCUT2D eigenvalue weighted by Crippen LogP contribution is -2.04. The molecule has 2 rings (SSSR count). The van der Waals surface area contributed by atoms with Crippen LogP contribution in [0.2, 0.25) is 0 Å². The van der Waals surface area contributed by atoms with Gasteiger partial charge in [-0.1, -0.05) is 22.0 Å². The number of alkyl halides is 1. The van der Waals surface area contributed by atoms with Gasteiger partial charge in [0.15, 0.2) is 0 Å². The monoisotopic (exact) mass is 332 g/mol. The van der Waals surface area contributed by atoms with Gasteiger partial charge >= 0.3 is 0 Å². The van der Waals surface area contributed by atoms with Crippen molar-refractivity contribution in [3.8, 4) is 0 Å². The van der Waals surface area contributed by atoms with Crippen LogP contribution in [0.5, 0.6) is 0 Å². The summed E-state index contributed by atoms with van der Waals surface area (Å²) in [4.78, 5) is -1.09. The molecule has 0 heterocycles. The highest BCUT2D eigenvalue weighted by molar-refractivity contribution is 9.09. The first-order valence-electron chi connectivity index (χ1n) is 5.45. The minimum absolute atomic E-state index is 0.150. The smallest absolute Gasteiger partial charge is 0.133 e. The molecule has 0 radical (unpaired) electrons. The summed E-state index contributed by atoms with van der Waals surface area (Å²) >= 11 is 3.03. The van der Waals surface area contributed by atoms with E-state index in [4.69, 9.17) is 0 Å². The third-order valence-corrected chi connectivity index (χ3v) is 3.76. The van der Waals surface area contributed by atoms with Gasteiger partial charge in [-0.2, -0.15) is 0 Å². The number of rotatable bonds is 2. The van der Waals surface area contributed by atoms with Crippen molar-refractivity contribution >= 4 is 15.9 Å². The van der Waals surface area contributed by atoms with Crippen molar-refractivity contribution in [1.29, 1.82) is 0 Å². The molecule has 0 N–H and O–H groups in total. The number of benzene rings is 2. The molecule has 5 heteroatoms. The topological polar surface area (TPSA) is 0 Å². The summed E-state index contributed by atoms with van der Waals surface area (Å²) in [6, 6.07) is 5.16. The molecule has 1 atom stereocenters. The van der Waals surface area contributed by atoms with Crippen LogP contribution in [-0.4, -0.2) is 0 Å². The fourth-order valence-corrected chi connectivity index (χ4v) is 2.55. The molecule has 0 amide bonds. The highest BCUT2D eigenvalue weighted by Gasteiger charge is 2.23. The molecule has 0 aliphatic heterocycles. The molecule has 0 aromatic heterocycles. The molecule has 0 nitrogen and oxygen atoms in total. The lowest BCUT2D eigenvalue weighted by molar-refractivity contribution is 0.547. The van der Waals surface area contributed by atoms with Crippen molar-refractivity contribution in [3.05, 3.63) is 70.3 Å². The molecule has 0 saturated heterocycles. The summed E-state index contributed by atoms with van der Waals surface area (Å²) < 4.78 is 54.4. The number of aryl methyl sites for hydroxylation is 1. The maximum Gasteiger partial charge on any atom is 0.133 e. The Bertz CT molecular complexity index is 625. The highest BCUT2D eigenvalue weighted by Crippen LogP contribution is 2.36. The lowest BCUT2D eigenvalue weighted by Gasteiger charge is -2.15. The Labute approximate surface area is 116 Å². The molecular weight excluding hydrogens is 324 g/mol. The molecule has 0 aliphatic carbocycles. The first-order valence-corrected chi connectivity index (χ1v) is 6.37. The Balaban J connectivity index is 2.59. The molecule has 1 unspecified atom stereocenters. The van der Waals surface area contributed by atoms with Gasteiger partial charge in [0, 0.05) is 11.1 Å². The van der Waals surface area contributed by atoms with E-state index >= 15 is 0 Å². The van der Waals surface area contributed by atoms with Crippen molar-refractivity contribution in [3.63, 3.8) is 0 Å². The second-order valence-corrected chi connectivity index (χ2v) is 5.04. The molecule has 0 saturated carbocycles. The molecule has 0 aliphatic rings. The zero-order valence-corrected chi connectivity index (χ0v) is 11.4. The summed E-state index contributed by atoms with van der Waals surface area (Å²) in [6.07, 6.45) is 0. The predicted octanol–water partition coefficient (Wildman–Crippen LogP) is 5.04. The normalized spacial score (nSPS) is 12.5. The van der Waals surface area contributed by atoms with E-state index in [2.05, 4.69) is 15.9 Å². The van der Waals surface area contributed by atoms with E-state index in [0.29, 0.717) is 0 Å². The van der Waals surface area contributed by atoms with Crippen LogP contribution in [-0.2, 0) is 0 Å². The standard InChI is InChI=1S/C14H9BrF4/c1-7-2-4-11(18)12(14(7)19)13(15)9-6-8(16)3-5-10(9)17/h2-6,13H,1H3. The average molecular weight is 333 g/mol. The van der Waals surface area contributed by atoms with Gasteiger partial charge in [0.2, 0.25) is 0 Å². The number of hydrogen-bond acceptors (Lipinski definition) is 0. The lowest BCUT2D eigenvalue weighted by atomic mass is 10.0. The molecule has 19 heavy (non-hydrogen) atoms. The van der Waals surface area contributed by atoms with Crippen molar-refractivity contribution in [2.24, 2.45) is 0 Å². The van der Waals surface area contributed by atoms with E-state index in [1.165, 1.54) is 13.0 Å². The van der Waals surface area contributed by atoms with E-state index in [9.17, 15) is 17.6 Å². The van der Waals surface area contributed by atoms with E-state index in [1.54, 1.807) is 0 Å². The Morgan fingerprint density at radius 1 is 0.947 bits per heavy atom. The summed E-state index contributed by atoms with van der Waals surface area (Å²) in [7, 11) is 0. The van der Waals surface area contributed by atoms with Gasteiger partial charge in [-0.3, -0.25) is 0 Å². The Morgan fingerprint density at radius 3 is 2.26 bits per heavy atom. The Kier molecular flexibility index (Phi) is 3.94. The fourth-order valence-electron chi connectivity index (χ4n) is 1.78. The zero-order valence-electron chi connectivity index (χ0n) is 9.85. The van der Waals surface area contributed by atoms with Crippen LogP contribution in [0.4, 0.5) is 17.6 Å². The van der Waals surface area contributed by atoms with E-state index < -0.39 is 28.1 Å². The maximum atomic E-state index is 13.9. The SMILES string of the molecule is Cc1ccc(F)c(C(Br)c2cc(F)ccc2F)c1F. The Hall–Kier alpha value is -1.36. The van der Waals surface area contributed by atoms with Gasteiger partial charge in [-0.25, -0.2) is 17.6 Å². The second kappa shape index (κ2) is 5.33. The minimum atomic E-state index is -1.09. The van der Waals surface area contributed by atoms with Gasteiger partial charge in [-0.15, -0.1) is 0 Å². The first kappa shape index (κ1) is 14.1.